The zero-order valence-corrected chi connectivity index (χ0v) is 12.5. The van der Waals surface area contributed by atoms with E-state index < -0.39 is 6.09 Å². The Morgan fingerprint density at radius 2 is 1.94 bits per heavy atom. The second-order valence-corrected chi connectivity index (χ2v) is 5.53. The van der Waals surface area contributed by atoms with Crippen LogP contribution in [0.5, 0.6) is 0 Å². The number of hydrogen-bond acceptors (Lipinski definition) is 5. The van der Waals surface area contributed by atoms with Crippen molar-refractivity contribution in [3.8, 4) is 0 Å². The average Bonchev–Trinajstić information content (AvgIpc) is 2.38. The predicted octanol–water partition coefficient (Wildman–Crippen LogP) is 1.09. The van der Waals surface area contributed by atoms with E-state index in [9.17, 15) is 14.4 Å². The summed E-state index contributed by atoms with van der Waals surface area (Å²) in [5.74, 6) is -0.517. The lowest BCUT2D eigenvalue weighted by atomic mass is 10.2. The van der Waals surface area contributed by atoms with E-state index in [2.05, 4.69) is 14.2 Å². The molecule has 1 amide bonds. The van der Waals surface area contributed by atoms with E-state index in [4.69, 9.17) is 9.47 Å². The summed E-state index contributed by atoms with van der Waals surface area (Å²) in [6.45, 7) is -0.0215. The summed E-state index contributed by atoms with van der Waals surface area (Å²) in [4.78, 5) is 33.1. The number of esters is 1. The molecular formula is C10H19NO5P2. The molecule has 0 saturated carbocycles. The van der Waals surface area contributed by atoms with E-state index in [-0.39, 0.29) is 31.4 Å². The van der Waals surface area contributed by atoms with E-state index in [1.54, 1.807) is 0 Å². The first-order valence-electron chi connectivity index (χ1n) is 5.55. The van der Waals surface area contributed by atoms with Crippen LogP contribution >= 0.6 is 17.2 Å². The number of nitrogens with one attached hydrogen (secondary N) is 1. The normalized spacial score (nSPS) is 10.3. The lowest BCUT2D eigenvalue weighted by molar-refractivity contribution is -0.147. The Bertz CT molecular complexity index is 285. The molecule has 6 nitrogen and oxygen atoms in total. The first-order chi connectivity index (χ1) is 8.60. The molecule has 0 heterocycles. The highest BCUT2D eigenvalue weighted by Gasteiger charge is 2.07. The third-order valence-corrected chi connectivity index (χ3v) is 3.31. The number of rotatable bonds is 9. The van der Waals surface area contributed by atoms with E-state index in [0.29, 0.717) is 21.1 Å². The van der Waals surface area contributed by atoms with Crippen LogP contribution in [0.3, 0.4) is 0 Å². The number of alkyl carbamates (subject to hydrolysis) is 1. The summed E-state index contributed by atoms with van der Waals surface area (Å²) in [5.41, 5.74) is 0. The molecule has 0 aliphatic carbocycles. The van der Waals surface area contributed by atoms with Crippen molar-refractivity contribution in [1.82, 2.24) is 5.32 Å². The van der Waals surface area contributed by atoms with Crippen LogP contribution < -0.4 is 5.32 Å². The van der Waals surface area contributed by atoms with Gasteiger partial charge in [-0.15, -0.1) is 17.2 Å². The van der Waals surface area contributed by atoms with Crippen LogP contribution in [-0.4, -0.2) is 44.3 Å². The molecule has 0 fully saturated rings. The van der Waals surface area contributed by atoms with Gasteiger partial charge in [0, 0.05) is 19.9 Å². The van der Waals surface area contributed by atoms with Crippen molar-refractivity contribution in [3.63, 3.8) is 0 Å². The minimum atomic E-state index is -0.521. The molecule has 0 aliphatic rings. The molecule has 1 N–H and O–H groups in total. The highest BCUT2D eigenvalue weighted by atomic mass is 32.0. The Morgan fingerprint density at radius 3 is 2.56 bits per heavy atom. The van der Waals surface area contributed by atoms with Crippen LogP contribution in [0.2, 0.25) is 0 Å². The summed E-state index contributed by atoms with van der Waals surface area (Å²) in [7, 11) is 4.63. The fraction of sp³-hybridized carbons (Fsp3) is 0.700. The Morgan fingerprint density at radius 1 is 1.22 bits per heavy atom. The minimum Gasteiger partial charge on any atom is -0.458 e. The fourth-order valence-corrected chi connectivity index (χ4v) is 1.77. The van der Waals surface area contributed by atoms with Crippen molar-refractivity contribution in [3.05, 3.63) is 0 Å². The Hall–Kier alpha value is -0.730. The van der Waals surface area contributed by atoms with Crippen molar-refractivity contribution in [1.29, 1.82) is 0 Å². The van der Waals surface area contributed by atoms with Crippen LogP contribution in [-0.2, 0) is 19.1 Å². The molecule has 0 rings (SSSR count). The number of Topliss-reactive ketones (excluding diaryl/α,β-unsaturated/α-hetero) is 1. The van der Waals surface area contributed by atoms with Crippen molar-refractivity contribution in [2.24, 2.45) is 0 Å². The molecule has 0 aliphatic heterocycles. The van der Waals surface area contributed by atoms with Gasteiger partial charge in [-0.1, -0.05) is 0 Å². The van der Waals surface area contributed by atoms with Gasteiger partial charge in [0.05, 0.1) is 6.61 Å². The van der Waals surface area contributed by atoms with E-state index in [0.717, 1.165) is 6.16 Å². The number of carbonyl (C=O) groups excluding carboxylic acids is 3. The molecule has 0 radical (unpaired) electrons. The number of carbonyl (C=O) groups is 3. The maximum Gasteiger partial charge on any atom is 0.406 e. The highest BCUT2D eigenvalue weighted by Crippen LogP contribution is 2.20. The molecule has 104 valence electrons. The molecule has 0 aromatic rings. The van der Waals surface area contributed by atoms with E-state index in [1.807, 2.05) is 0 Å². The number of amides is 1. The molecule has 18 heavy (non-hydrogen) atoms. The van der Waals surface area contributed by atoms with Crippen molar-refractivity contribution >= 4 is 35.0 Å². The zero-order valence-electron chi connectivity index (χ0n) is 10.4. The zero-order chi connectivity index (χ0) is 13.8. The second kappa shape index (κ2) is 11.4. The largest absolute Gasteiger partial charge is 0.458 e. The fourth-order valence-electron chi connectivity index (χ4n) is 0.986. The summed E-state index contributed by atoms with van der Waals surface area (Å²) in [6.07, 6.45) is 1.24. The first kappa shape index (κ1) is 17.3. The Labute approximate surface area is 110 Å². The first-order valence-corrected chi connectivity index (χ1v) is 8.57. The number of ether oxygens (including phenoxy) is 2. The maximum absolute atomic E-state index is 11.3. The molecular weight excluding hydrogens is 276 g/mol. The third-order valence-electron chi connectivity index (χ3n) is 1.90. The lowest BCUT2D eigenvalue weighted by Crippen LogP contribution is -2.20. The van der Waals surface area contributed by atoms with Crippen LogP contribution in [0.1, 0.15) is 19.3 Å². The van der Waals surface area contributed by atoms with Crippen molar-refractivity contribution in [2.45, 2.75) is 19.3 Å². The van der Waals surface area contributed by atoms with Gasteiger partial charge in [-0.2, -0.15) is 0 Å². The molecule has 2 unspecified atom stereocenters. The lowest BCUT2D eigenvalue weighted by Gasteiger charge is -2.04. The predicted molar refractivity (Wildman–Crippen MR) is 73.1 cm³/mol. The molecule has 2 atom stereocenters. The topological polar surface area (TPSA) is 81.7 Å². The van der Waals surface area contributed by atoms with Gasteiger partial charge in [0.1, 0.15) is 6.61 Å². The monoisotopic (exact) mass is 295 g/mol. The van der Waals surface area contributed by atoms with Gasteiger partial charge in [0.15, 0.2) is 5.78 Å². The Balaban J connectivity index is 3.48. The number of hydrogen-bond donors (Lipinski definition) is 1. The summed E-state index contributed by atoms with van der Waals surface area (Å²) < 4.78 is 9.50. The van der Waals surface area contributed by atoms with E-state index >= 15 is 0 Å². The Kier molecular flexibility index (Phi) is 10.9. The van der Waals surface area contributed by atoms with Gasteiger partial charge in [-0.05, 0) is 12.6 Å². The summed E-state index contributed by atoms with van der Waals surface area (Å²) >= 11 is 0. The van der Waals surface area contributed by atoms with Crippen molar-refractivity contribution in [2.75, 3.05) is 26.4 Å². The second-order valence-electron chi connectivity index (χ2n) is 3.39. The van der Waals surface area contributed by atoms with Gasteiger partial charge in [-0.25, -0.2) is 4.79 Å². The van der Waals surface area contributed by atoms with Gasteiger partial charge in [-0.3, -0.25) is 9.59 Å². The molecule has 0 saturated heterocycles. The van der Waals surface area contributed by atoms with Crippen LogP contribution in [0.25, 0.3) is 0 Å². The third kappa shape index (κ3) is 10.4. The van der Waals surface area contributed by atoms with Gasteiger partial charge < -0.3 is 14.8 Å². The SMILES string of the molecule is CNC(=O)OCCCC(=O)COC(=O)CCPP. The van der Waals surface area contributed by atoms with Gasteiger partial charge in [0.2, 0.25) is 0 Å². The average molecular weight is 295 g/mol. The molecule has 0 aromatic carbocycles. The minimum absolute atomic E-state index is 0.169. The van der Waals surface area contributed by atoms with Gasteiger partial charge >= 0.3 is 12.1 Å². The van der Waals surface area contributed by atoms with E-state index in [1.165, 1.54) is 7.05 Å². The summed E-state index contributed by atoms with van der Waals surface area (Å²) in [5, 5.41) is 2.30. The smallest absolute Gasteiger partial charge is 0.406 e. The molecule has 0 bridgehead atoms. The number of ketones is 1. The highest BCUT2D eigenvalue weighted by molar-refractivity contribution is 8.02. The van der Waals surface area contributed by atoms with Gasteiger partial charge in [0.25, 0.3) is 0 Å². The quantitative estimate of drug-likeness (QED) is 0.391. The van der Waals surface area contributed by atoms with Crippen molar-refractivity contribution < 1.29 is 23.9 Å². The molecule has 8 heteroatoms. The summed E-state index contributed by atoms with van der Waals surface area (Å²) in [6, 6.07) is 0. The maximum atomic E-state index is 11.3. The van der Waals surface area contributed by atoms with Crippen LogP contribution in [0, 0.1) is 0 Å². The molecule has 0 aromatic heterocycles. The standard InChI is InChI=1S/C10H19NO5P2/c1-11-10(14)15-5-2-3-8(12)7-16-9(13)4-6-18-17/h18H,2-7,17H2,1H3,(H,11,14). The van der Waals surface area contributed by atoms with Crippen LogP contribution in [0.4, 0.5) is 4.79 Å². The molecule has 0 spiro atoms. The van der Waals surface area contributed by atoms with Crippen LogP contribution in [0.15, 0.2) is 0 Å².